The highest BCUT2D eigenvalue weighted by molar-refractivity contribution is 7.99. The molecular formula is C19H26N2O2S. The summed E-state index contributed by atoms with van der Waals surface area (Å²) < 4.78 is 0. The fraction of sp³-hybridized carbons (Fsp3) is 0.579. The summed E-state index contributed by atoms with van der Waals surface area (Å²) in [7, 11) is 1.91. The minimum atomic E-state index is -0.327. The number of amides is 2. The fourth-order valence-electron chi connectivity index (χ4n) is 3.64. The van der Waals surface area contributed by atoms with Crippen molar-refractivity contribution in [1.82, 2.24) is 9.80 Å². The summed E-state index contributed by atoms with van der Waals surface area (Å²) in [6, 6.07) is 9.26. The van der Waals surface area contributed by atoms with E-state index in [1.165, 1.54) is 12.8 Å². The molecule has 1 saturated heterocycles. The molecule has 0 N–H and O–H groups in total. The summed E-state index contributed by atoms with van der Waals surface area (Å²) in [6.07, 6.45) is 4.54. The second-order valence-electron chi connectivity index (χ2n) is 7.02. The lowest BCUT2D eigenvalue weighted by atomic mass is 9.86. The van der Waals surface area contributed by atoms with Crippen molar-refractivity contribution in [2.45, 2.75) is 44.7 Å². The normalized spacial score (nSPS) is 27.1. The van der Waals surface area contributed by atoms with Gasteiger partial charge in [-0.1, -0.05) is 25.1 Å². The summed E-state index contributed by atoms with van der Waals surface area (Å²) in [5, 5.41) is 0. The molecule has 1 heterocycles. The van der Waals surface area contributed by atoms with Gasteiger partial charge in [-0.3, -0.25) is 9.59 Å². The number of rotatable bonds is 3. The first-order chi connectivity index (χ1) is 11.6. The van der Waals surface area contributed by atoms with E-state index < -0.39 is 0 Å². The smallest absolute Gasteiger partial charge is 0.255 e. The first kappa shape index (κ1) is 17.3. The number of likely N-dealkylation sites (N-methyl/N-ethyl adjacent to an activating group) is 1. The van der Waals surface area contributed by atoms with Crippen LogP contribution in [0.2, 0.25) is 0 Å². The van der Waals surface area contributed by atoms with Crippen molar-refractivity contribution in [3.63, 3.8) is 0 Å². The highest BCUT2D eigenvalue weighted by Gasteiger charge is 2.38. The lowest BCUT2D eigenvalue weighted by Gasteiger charge is -2.36. The second-order valence-corrected chi connectivity index (χ2v) is 8.02. The van der Waals surface area contributed by atoms with Gasteiger partial charge in [0.05, 0.1) is 5.88 Å². The largest absolute Gasteiger partial charge is 0.341 e. The van der Waals surface area contributed by atoms with Gasteiger partial charge in [-0.15, -0.1) is 11.8 Å². The van der Waals surface area contributed by atoms with Crippen LogP contribution in [-0.4, -0.2) is 52.4 Å². The Morgan fingerprint density at radius 1 is 1.12 bits per heavy atom. The van der Waals surface area contributed by atoms with Crippen LogP contribution in [0.3, 0.4) is 0 Å². The van der Waals surface area contributed by atoms with Gasteiger partial charge >= 0.3 is 0 Å². The SMILES string of the molecule is CC1CCC(N(C)C(=O)[C@@H]2CSCN2C(=O)c2ccccc2)CC1. The van der Waals surface area contributed by atoms with Crippen LogP contribution >= 0.6 is 11.8 Å². The van der Waals surface area contributed by atoms with Gasteiger partial charge in [0.15, 0.2) is 0 Å². The zero-order valence-electron chi connectivity index (χ0n) is 14.5. The third-order valence-electron chi connectivity index (χ3n) is 5.33. The van der Waals surface area contributed by atoms with Gasteiger partial charge < -0.3 is 9.80 Å². The van der Waals surface area contributed by atoms with Gasteiger partial charge in [-0.05, 0) is 43.7 Å². The minimum absolute atomic E-state index is 0.0374. The Kier molecular flexibility index (Phi) is 5.49. The van der Waals surface area contributed by atoms with Crippen LogP contribution in [0.1, 0.15) is 43.0 Å². The first-order valence-corrected chi connectivity index (χ1v) is 9.94. The van der Waals surface area contributed by atoms with Crippen molar-refractivity contribution in [2.24, 2.45) is 5.92 Å². The predicted molar refractivity (Wildman–Crippen MR) is 97.9 cm³/mol. The van der Waals surface area contributed by atoms with Crippen LogP contribution in [0.15, 0.2) is 30.3 Å². The molecule has 1 aromatic rings. The van der Waals surface area contributed by atoms with Gasteiger partial charge in [0.2, 0.25) is 5.91 Å². The van der Waals surface area contributed by atoms with Crippen LogP contribution in [0.4, 0.5) is 0 Å². The molecule has 1 saturated carbocycles. The third kappa shape index (κ3) is 3.61. The molecule has 0 aromatic heterocycles. The first-order valence-electron chi connectivity index (χ1n) is 8.78. The minimum Gasteiger partial charge on any atom is -0.341 e. The van der Waals surface area contributed by atoms with E-state index in [9.17, 15) is 9.59 Å². The van der Waals surface area contributed by atoms with Crippen molar-refractivity contribution < 1.29 is 9.59 Å². The van der Waals surface area contributed by atoms with Crippen molar-refractivity contribution in [3.05, 3.63) is 35.9 Å². The molecule has 3 rings (SSSR count). The molecule has 0 radical (unpaired) electrons. The van der Waals surface area contributed by atoms with E-state index >= 15 is 0 Å². The van der Waals surface area contributed by atoms with Crippen molar-refractivity contribution in [1.29, 1.82) is 0 Å². The quantitative estimate of drug-likeness (QED) is 0.844. The van der Waals surface area contributed by atoms with Crippen LogP contribution in [0, 0.1) is 5.92 Å². The third-order valence-corrected chi connectivity index (χ3v) is 6.34. The average Bonchev–Trinajstić information content (AvgIpc) is 3.11. The molecule has 4 nitrogen and oxygen atoms in total. The van der Waals surface area contributed by atoms with E-state index in [-0.39, 0.29) is 17.9 Å². The predicted octanol–water partition coefficient (Wildman–Crippen LogP) is 3.24. The highest BCUT2D eigenvalue weighted by atomic mass is 32.2. The number of carbonyl (C=O) groups is 2. The van der Waals surface area contributed by atoms with E-state index in [1.54, 1.807) is 16.7 Å². The molecule has 0 bridgehead atoms. The van der Waals surface area contributed by atoms with E-state index in [0.29, 0.717) is 23.2 Å². The summed E-state index contributed by atoms with van der Waals surface area (Å²) in [4.78, 5) is 29.4. The van der Waals surface area contributed by atoms with Gasteiger partial charge in [-0.2, -0.15) is 0 Å². The van der Waals surface area contributed by atoms with Crippen LogP contribution in [0.25, 0.3) is 0 Å². The molecule has 2 fully saturated rings. The standard InChI is InChI=1S/C19H26N2O2S/c1-14-8-10-16(11-9-14)20(2)19(23)17-12-24-13-21(17)18(22)15-6-4-3-5-7-15/h3-7,14,16-17H,8-13H2,1-2H3/t14?,16?,17-/m0/s1. The fourth-order valence-corrected chi connectivity index (χ4v) is 4.78. The summed E-state index contributed by atoms with van der Waals surface area (Å²) in [5.41, 5.74) is 0.659. The Morgan fingerprint density at radius 3 is 2.46 bits per heavy atom. The average molecular weight is 346 g/mol. The zero-order valence-corrected chi connectivity index (χ0v) is 15.3. The Morgan fingerprint density at radius 2 is 1.79 bits per heavy atom. The summed E-state index contributed by atoms with van der Waals surface area (Å²) >= 11 is 1.66. The second kappa shape index (κ2) is 7.60. The van der Waals surface area contributed by atoms with Gasteiger partial charge in [0.1, 0.15) is 6.04 Å². The molecule has 0 spiro atoms. The van der Waals surface area contributed by atoms with Gasteiger partial charge in [-0.25, -0.2) is 0 Å². The Labute approximate surface area is 148 Å². The van der Waals surface area contributed by atoms with Crippen molar-refractivity contribution >= 4 is 23.6 Å². The van der Waals surface area contributed by atoms with E-state index in [4.69, 9.17) is 0 Å². The number of hydrogen-bond acceptors (Lipinski definition) is 3. The molecular weight excluding hydrogens is 320 g/mol. The number of thioether (sulfide) groups is 1. The molecule has 24 heavy (non-hydrogen) atoms. The molecule has 1 atom stereocenters. The number of nitrogens with zero attached hydrogens (tertiary/aromatic N) is 2. The molecule has 1 aliphatic heterocycles. The number of benzene rings is 1. The number of hydrogen-bond donors (Lipinski definition) is 0. The van der Waals surface area contributed by atoms with E-state index in [1.807, 2.05) is 42.3 Å². The topological polar surface area (TPSA) is 40.6 Å². The monoisotopic (exact) mass is 346 g/mol. The van der Waals surface area contributed by atoms with E-state index in [2.05, 4.69) is 6.92 Å². The molecule has 2 aliphatic rings. The molecule has 2 amide bonds. The van der Waals surface area contributed by atoms with Crippen LogP contribution in [0.5, 0.6) is 0 Å². The van der Waals surface area contributed by atoms with Crippen LogP contribution in [-0.2, 0) is 4.79 Å². The van der Waals surface area contributed by atoms with Gasteiger partial charge in [0.25, 0.3) is 5.91 Å². The van der Waals surface area contributed by atoms with E-state index in [0.717, 1.165) is 18.8 Å². The lowest BCUT2D eigenvalue weighted by molar-refractivity contribution is -0.136. The van der Waals surface area contributed by atoms with Crippen molar-refractivity contribution in [3.8, 4) is 0 Å². The maximum absolute atomic E-state index is 13.0. The molecule has 130 valence electrons. The summed E-state index contributed by atoms with van der Waals surface area (Å²) in [5.74, 6) is 2.13. The lowest BCUT2D eigenvalue weighted by Crippen LogP contribution is -2.51. The number of carbonyl (C=O) groups excluding carboxylic acids is 2. The Hall–Kier alpha value is -1.49. The molecule has 0 unspecified atom stereocenters. The van der Waals surface area contributed by atoms with Crippen LogP contribution < -0.4 is 0 Å². The maximum atomic E-state index is 13.0. The Balaban J connectivity index is 1.68. The maximum Gasteiger partial charge on any atom is 0.255 e. The van der Waals surface area contributed by atoms with Gasteiger partial charge in [0, 0.05) is 24.4 Å². The Bertz CT molecular complexity index is 584. The molecule has 1 aromatic carbocycles. The molecule has 5 heteroatoms. The van der Waals surface area contributed by atoms with Crippen molar-refractivity contribution in [2.75, 3.05) is 18.7 Å². The summed E-state index contributed by atoms with van der Waals surface area (Å²) in [6.45, 7) is 2.28. The molecule has 1 aliphatic carbocycles. The highest BCUT2D eigenvalue weighted by Crippen LogP contribution is 2.29. The zero-order chi connectivity index (χ0) is 17.1.